The quantitative estimate of drug-likeness (QED) is 0.821. The van der Waals surface area contributed by atoms with Crippen LogP contribution in [0.1, 0.15) is 25.3 Å². The molecule has 1 fully saturated rings. The molecule has 1 nitrogen and oxygen atoms in total. The number of thioether (sulfide) groups is 1. The molecule has 2 rings (SSSR count). The maximum absolute atomic E-state index is 9.37. The van der Waals surface area contributed by atoms with Gasteiger partial charge in [0.2, 0.25) is 0 Å². The summed E-state index contributed by atoms with van der Waals surface area (Å²) in [5.74, 6) is 0. The van der Waals surface area contributed by atoms with Gasteiger partial charge in [-0.05, 0) is 37.8 Å². The van der Waals surface area contributed by atoms with E-state index in [1.54, 1.807) is 0 Å². The van der Waals surface area contributed by atoms with Gasteiger partial charge in [-0.15, -0.1) is 11.8 Å². The molecule has 14 heavy (non-hydrogen) atoms. The summed E-state index contributed by atoms with van der Waals surface area (Å²) in [7, 11) is 0. The van der Waals surface area contributed by atoms with Crippen molar-refractivity contribution in [3.8, 4) is 0 Å². The van der Waals surface area contributed by atoms with Crippen LogP contribution >= 0.6 is 11.8 Å². The van der Waals surface area contributed by atoms with Crippen molar-refractivity contribution >= 4 is 11.8 Å². The lowest BCUT2D eigenvalue weighted by Crippen LogP contribution is -2.05. The molecule has 0 spiro atoms. The van der Waals surface area contributed by atoms with Crippen molar-refractivity contribution in [2.45, 2.75) is 42.4 Å². The molecule has 0 aliphatic heterocycles. The van der Waals surface area contributed by atoms with E-state index in [4.69, 9.17) is 0 Å². The third-order valence-corrected chi connectivity index (χ3v) is 3.76. The van der Waals surface area contributed by atoms with E-state index in [2.05, 4.69) is 24.3 Å². The molecule has 76 valence electrons. The fraction of sp³-hybridized carbons (Fsp3) is 0.500. The second-order valence-corrected chi connectivity index (χ2v) is 5.32. The topological polar surface area (TPSA) is 20.2 Å². The molecule has 1 aromatic rings. The minimum absolute atomic E-state index is 0.240. The van der Waals surface area contributed by atoms with Crippen molar-refractivity contribution in [1.29, 1.82) is 0 Å². The minimum Gasteiger partial charge on any atom is -0.393 e. The Morgan fingerprint density at radius 1 is 1.43 bits per heavy atom. The summed E-state index contributed by atoms with van der Waals surface area (Å²) in [6, 6.07) is 8.42. The fourth-order valence-corrected chi connectivity index (χ4v) is 2.66. The second kappa shape index (κ2) is 4.37. The van der Waals surface area contributed by atoms with Crippen LogP contribution in [0.3, 0.4) is 0 Å². The Morgan fingerprint density at radius 3 is 2.79 bits per heavy atom. The highest BCUT2D eigenvalue weighted by atomic mass is 32.2. The average molecular weight is 208 g/mol. The first-order chi connectivity index (χ1) is 6.75. The number of aliphatic hydroxyl groups excluding tert-OH is 1. The van der Waals surface area contributed by atoms with Crippen LogP contribution in [0.5, 0.6) is 0 Å². The third kappa shape index (κ3) is 2.76. The first-order valence-electron chi connectivity index (χ1n) is 5.18. The van der Waals surface area contributed by atoms with E-state index in [9.17, 15) is 5.11 Å². The van der Waals surface area contributed by atoms with E-state index in [0.29, 0.717) is 0 Å². The van der Waals surface area contributed by atoms with E-state index in [0.717, 1.165) is 11.7 Å². The first kappa shape index (κ1) is 10.1. The van der Waals surface area contributed by atoms with E-state index in [-0.39, 0.29) is 6.10 Å². The van der Waals surface area contributed by atoms with Crippen molar-refractivity contribution in [2.75, 3.05) is 0 Å². The second-order valence-electron chi connectivity index (χ2n) is 3.98. The van der Waals surface area contributed by atoms with Crippen LogP contribution in [-0.2, 0) is 6.42 Å². The van der Waals surface area contributed by atoms with Gasteiger partial charge in [0, 0.05) is 10.1 Å². The lowest BCUT2D eigenvalue weighted by Gasteiger charge is -2.09. The van der Waals surface area contributed by atoms with Crippen molar-refractivity contribution < 1.29 is 5.11 Å². The van der Waals surface area contributed by atoms with E-state index in [1.807, 2.05) is 18.7 Å². The predicted octanol–water partition coefficient (Wildman–Crippen LogP) is 2.86. The Morgan fingerprint density at radius 2 is 2.14 bits per heavy atom. The Labute approximate surface area is 89.5 Å². The average Bonchev–Trinajstić information content (AvgIpc) is 2.91. The van der Waals surface area contributed by atoms with E-state index >= 15 is 0 Å². The van der Waals surface area contributed by atoms with Gasteiger partial charge in [0.15, 0.2) is 0 Å². The monoisotopic (exact) mass is 208 g/mol. The molecule has 0 aromatic heterocycles. The zero-order valence-electron chi connectivity index (χ0n) is 8.44. The zero-order chi connectivity index (χ0) is 9.97. The lowest BCUT2D eigenvalue weighted by molar-refractivity contribution is 0.195. The minimum atomic E-state index is -0.240. The molecule has 1 unspecified atom stereocenters. The molecule has 0 saturated heterocycles. The maximum atomic E-state index is 9.37. The summed E-state index contributed by atoms with van der Waals surface area (Å²) in [5.41, 5.74) is 1.29. The van der Waals surface area contributed by atoms with Gasteiger partial charge in [0.25, 0.3) is 0 Å². The van der Waals surface area contributed by atoms with Crippen molar-refractivity contribution in [1.82, 2.24) is 0 Å². The van der Waals surface area contributed by atoms with Gasteiger partial charge in [0.05, 0.1) is 6.10 Å². The van der Waals surface area contributed by atoms with Gasteiger partial charge < -0.3 is 5.11 Å². The van der Waals surface area contributed by atoms with Crippen LogP contribution < -0.4 is 0 Å². The van der Waals surface area contributed by atoms with Gasteiger partial charge in [-0.1, -0.05) is 18.2 Å². The van der Waals surface area contributed by atoms with E-state index in [1.165, 1.54) is 23.3 Å². The molecule has 1 N–H and O–H groups in total. The molecule has 1 atom stereocenters. The molecule has 0 heterocycles. The largest absolute Gasteiger partial charge is 0.393 e. The van der Waals surface area contributed by atoms with Crippen LogP contribution in [-0.4, -0.2) is 16.5 Å². The smallest absolute Gasteiger partial charge is 0.0552 e. The first-order valence-corrected chi connectivity index (χ1v) is 6.06. The molecular formula is C12H16OS. The lowest BCUT2D eigenvalue weighted by atomic mass is 10.1. The van der Waals surface area contributed by atoms with Crippen LogP contribution in [0.15, 0.2) is 29.2 Å². The Kier molecular flexibility index (Phi) is 3.14. The van der Waals surface area contributed by atoms with Crippen LogP contribution in [0.4, 0.5) is 0 Å². The Hall–Kier alpha value is -0.470. The van der Waals surface area contributed by atoms with Gasteiger partial charge >= 0.3 is 0 Å². The van der Waals surface area contributed by atoms with Crippen LogP contribution in [0.25, 0.3) is 0 Å². The number of hydrogen-bond acceptors (Lipinski definition) is 2. The highest BCUT2D eigenvalue weighted by molar-refractivity contribution is 8.00. The molecule has 0 bridgehead atoms. The number of aliphatic hydroxyl groups is 1. The molecule has 1 aliphatic rings. The Balaban J connectivity index is 2.10. The van der Waals surface area contributed by atoms with Gasteiger partial charge in [-0.2, -0.15) is 0 Å². The SMILES string of the molecule is CC(O)Cc1ccccc1SC1CC1. The summed E-state index contributed by atoms with van der Waals surface area (Å²) in [5, 5.41) is 10.2. The molecular weight excluding hydrogens is 192 g/mol. The van der Waals surface area contributed by atoms with Gasteiger partial charge in [0.1, 0.15) is 0 Å². The van der Waals surface area contributed by atoms with Crippen molar-refractivity contribution in [3.05, 3.63) is 29.8 Å². The summed E-state index contributed by atoms with van der Waals surface area (Å²) in [6.07, 6.45) is 3.24. The van der Waals surface area contributed by atoms with Crippen LogP contribution in [0.2, 0.25) is 0 Å². The molecule has 1 aromatic carbocycles. The maximum Gasteiger partial charge on any atom is 0.0552 e. The third-order valence-electron chi connectivity index (χ3n) is 2.31. The highest BCUT2D eigenvalue weighted by Gasteiger charge is 2.23. The summed E-state index contributed by atoms with van der Waals surface area (Å²) in [4.78, 5) is 1.36. The van der Waals surface area contributed by atoms with Gasteiger partial charge in [-0.3, -0.25) is 0 Å². The molecule has 2 heteroatoms. The van der Waals surface area contributed by atoms with Crippen molar-refractivity contribution in [2.24, 2.45) is 0 Å². The molecule has 1 saturated carbocycles. The van der Waals surface area contributed by atoms with Gasteiger partial charge in [-0.25, -0.2) is 0 Å². The summed E-state index contributed by atoms with van der Waals surface area (Å²) < 4.78 is 0. The molecule has 0 amide bonds. The highest BCUT2D eigenvalue weighted by Crippen LogP contribution is 2.40. The predicted molar refractivity (Wildman–Crippen MR) is 60.7 cm³/mol. The van der Waals surface area contributed by atoms with E-state index < -0.39 is 0 Å². The normalized spacial score (nSPS) is 18.1. The number of hydrogen-bond donors (Lipinski definition) is 1. The summed E-state index contributed by atoms with van der Waals surface area (Å²) in [6.45, 7) is 1.85. The number of benzene rings is 1. The summed E-state index contributed by atoms with van der Waals surface area (Å²) >= 11 is 1.97. The molecule has 1 aliphatic carbocycles. The number of rotatable bonds is 4. The standard InChI is InChI=1S/C12H16OS/c1-9(13)8-10-4-2-3-5-12(10)14-11-6-7-11/h2-5,9,11,13H,6-8H2,1H3. The Bertz CT molecular complexity index is 282. The van der Waals surface area contributed by atoms with Crippen LogP contribution in [0, 0.1) is 0 Å². The van der Waals surface area contributed by atoms with Crippen molar-refractivity contribution in [3.63, 3.8) is 0 Å². The zero-order valence-corrected chi connectivity index (χ0v) is 9.26. The molecule has 0 radical (unpaired) electrons. The fourth-order valence-electron chi connectivity index (χ4n) is 1.47.